The summed E-state index contributed by atoms with van der Waals surface area (Å²) >= 11 is 1.35. The fourth-order valence-electron chi connectivity index (χ4n) is 3.37. The molecule has 0 bridgehead atoms. The molecule has 8 heteroatoms. The van der Waals surface area contributed by atoms with Crippen LogP contribution in [0.3, 0.4) is 0 Å². The first-order chi connectivity index (χ1) is 14.3. The van der Waals surface area contributed by atoms with Crippen LogP contribution in [0.4, 0.5) is 0 Å². The van der Waals surface area contributed by atoms with Crippen molar-refractivity contribution in [1.82, 2.24) is 9.88 Å². The number of nitrogens with zero attached hydrogens (tertiary/aromatic N) is 1. The molecular formula is C22H30N2O5S. The minimum Gasteiger partial charge on any atom is -0.461 e. The van der Waals surface area contributed by atoms with Crippen molar-refractivity contribution in [2.24, 2.45) is 0 Å². The molecule has 2 aromatic rings. The lowest BCUT2D eigenvalue weighted by atomic mass is 9.99. The highest BCUT2D eigenvalue weighted by atomic mass is 32.1. The molecule has 2 heterocycles. The number of rotatable bonds is 11. The maximum absolute atomic E-state index is 13.4. The number of thiophene rings is 1. The number of Topliss-reactive ketones (excluding diaryl/α,β-unsaturated/α-hetero) is 1. The van der Waals surface area contributed by atoms with Crippen molar-refractivity contribution in [2.45, 2.75) is 47.1 Å². The maximum atomic E-state index is 13.4. The van der Waals surface area contributed by atoms with Crippen molar-refractivity contribution in [3.63, 3.8) is 0 Å². The summed E-state index contributed by atoms with van der Waals surface area (Å²) in [6, 6.07) is 2.88. The minimum atomic E-state index is -0.690. The van der Waals surface area contributed by atoms with Crippen molar-refractivity contribution in [1.29, 1.82) is 0 Å². The topological polar surface area (TPSA) is 88.7 Å². The molecule has 1 unspecified atom stereocenters. The highest BCUT2D eigenvalue weighted by Gasteiger charge is 2.31. The van der Waals surface area contributed by atoms with Crippen LogP contribution in [0.1, 0.15) is 69.0 Å². The van der Waals surface area contributed by atoms with Crippen LogP contribution in [-0.2, 0) is 9.47 Å². The molecule has 0 aliphatic carbocycles. The van der Waals surface area contributed by atoms with E-state index in [1.807, 2.05) is 18.4 Å². The van der Waals surface area contributed by atoms with Gasteiger partial charge in [-0.3, -0.25) is 9.59 Å². The molecule has 7 nitrogen and oxygen atoms in total. The van der Waals surface area contributed by atoms with Gasteiger partial charge in [0, 0.05) is 31.0 Å². The summed E-state index contributed by atoms with van der Waals surface area (Å²) in [6.45, 7) is 10.6. The normalized spacial score (nSPS) is 11.9. The zero-order chi connectivity index (χ0) is 22.3. The van der Waals surface area contributed by atoms with Gasteiger partial charge in [0.2, 0.25) is 0 Å². The van der Waals surface area contributed by atoms with Crippen molar-refractivity contribution in [3.05, 3.63) is 44.9 Å². The molecule has 0 aliphatic heterocycles. The zero-order valence-corrected chi connectivity index (χ0v) is 19.1. The molecule has 0 fully saturated rings. The lowest BCUT2D eigenvalue weighted by molar-refractivity contribution is 0.0518. The SMILES string of the molecule is CCOCCCN(C(=O)c1cccs1)C(C)C(=O)c1c(C)[nH]c(C(=O)OCC)c1C. The molecule has 0 spiro atoms. The molecular weight excluding hydrogens is 404 g/mol. The van der Waals surface area contributed by atoms with Gasteiger partial charge in [-0.05, 0) is 58.0 Å². The molecule has 30 heavy (non-hydrogen) atoms. The third-order valence-corrected chi connectivity index (χ3v) is 5.75. The quantitative estimate of drug-likeness (QED) is 0.328. The number of aromatic nitrogens is 1. The van der Waals surface area contributed by atoms with Crippen molar-refractivity contribution >= 4 is 29.0 Å². The highest BCUT2D eigenvalue weighted by Crippen LogP contribution is 2.23. The number of esters is 1. The molecule has 0 radical (unpaired) electrons. The molecule has 2 rings (SSSR count). The fraction of sp³-hybridized carbons (Fsp3) is 0.500. The zero-order valence-electron chi connectivity index (χ0n) is 18.2. The van der Waals surface area contributed by atoms with E-state index in [2.05, 4.69) is 4.98 Å². The summed E-state index contributed by atoms with van der Waals surface area (Å²) in [5.74, 6) is -0.884. The highest BCUT2D eigenvalue weighted by molar-refractivity contribution is 7.12. The number of hydrogen-bond donors (Lipinski definition) is 1. The largest absolute Gasteiger partial charge is 0.461 e. The second-order valence-corrected chi connectivity index (χ2v) is 7.86. The number of carbonyl (C=O) groups is 3. The Morgan fingerprint density at radius 3 is 2.53 bits per heavy atom. The van der Waals surface area contributed by atoms with Crippen molar-refractivity contribution in [2.75, 3.05) is 26.4 Å². The van der Waals surface area contributed by atoms with Crippen molar-refractivity contribution in [3.8, 4) is 0 Å². The van der Waals surface area contributed by atoms with E-state index in [-0.39, 0.29) is 24.0 Å². The number of aryl methyl sites for hydroxylation is 1. The summed E-state index contributed by atoms with van der Waals surface area (Å²) in [4.78, 5) is 43.8. The Hall–Kier alpha value is -2.45. The van der Waals surface area contributed by atoms with Crippen LogP contribution < -0.4 is 0 Å². The third kappa shape index (κ3) is 5.37. The Labute approximate surface area is 181 Å². The molecule has 0 aliphatic rings. The monoisotopic (exact) mass is 434 g/mol. The average Bonchev–Trinajstić information content (AvgIpc) is 3.35. The molecule has 0 aromatic carbocycles. The Morgan fingerprint density at radius 2 is 1.93 bits per heavy atom. The van der Waals surface area contributed by atoms with E-state index in [1.165, 1.54) is 11.3 Å². The number of ether oxygens (including phenoxy) is 2. The molecule has 0 saturated heterocycles. The summed E-state index contributed by atoms with van der Waals surface area (Å²) < 4.78 is 10.5. The fourth-order valence-corrected chi connectivity index (χ4v) is 4.05. The van der Waals surface area contributed by atoms with E-state index in [0.29, 0.717) is 47.9 Å². The van der Waals surface area contributed by atoms with Crippen LogP contribution in [-0.4, -0.2) is 60.0 Å². The van der Waals surface area contributed by atoms with E-state index in [0.717, 1.165) is 0 Å². The summed E-state index contributed by atoms with van der Waals surface area (Å²) in [5.41, 5.74) is 1.84. The van der Waals surface area contributed by atoms with Gasteiger partial charge in [0.05, 0.1) is 17.5 Å². The van der Waals surface area contributed by atoms with Crippen molar-refractivity contribution < 1.29 is 23.9 Å². The number of carbonyl (C=O) groups excluding carboxylic acids is 3. The summed E-state index contributed by atoms with van der Waals surface area (Å²) in [5, 5.41) is 1.84. The number of amides is 1. The number of hydrogen-bond acceptors (Lipinski definition) is 6. The molecule has 164 valence electrons. The standard InChI is InChI=1S/C22H30N2O5S/c1-6-28-12-9-11-24(21(26)17-10-8-13-30-17)16(5)20(25)18-14(3)19(23-15(18)4)22(27)29-7-2/h8,10,13,16,23H,6-7,9,11-12H2,1-5H3. The van der Waals surface area contributed by atoms with Crippen LogP contribution >= 0.6 is 11.3 Å². The Bertz CT molecular complexity index is 872. The van der Waals surface area contributed by atoms with Gasteiger partial charge >= 0.3 is 5.97 Å². The Balaban J connectivity index is 2.30. The molecule has 2 aromatic heterocycles. The van der Waals surface area contributed by atoms with Crippen LogP contribution in [0, 0.1) is 13.8 Å². The average molecular weight is 435 g/mol. The van der Waals surface area contributed by atoms with E-state index in [9.17, 15) is 14.4 Å². The maximum Gasteiger partial charge on any atom is 0.355 e. The molecule has 1 N–H and O–H groups in total. The predicted octanol–water partition coefficient (Wildman–Crippen LogP) is 4.01. The van der Waals surface area contributed by atoms with Gasteiger partial charge in [-0.2, -0.15) is 0 Å². The van der Waals surface area contributed by atoms with E-state index < -0.39 is 12.0 Å². The first-order valence-corrected chi connectivity index (χ1v) is 11.0. The minimum absolute atomic E-state index is 0.182. The smallest absolute Gasteiger partial charge is 0.355 e. The van der Waals surface area contributed by atoms with Crippen LogP contribution in [0.2, 0.25) is 0 Å². The first kappa shape index (κ1) is 23.8. The first-order valence-electron chi connectivity index (χ1n) is 10.2. The van der Waals surface area contributed by atoms with Gasteiger partial charge in [-0.25, -0.2) is 4.79 Å². The van der Waals surface area contributed by atoms with E-state index >= 15 is 0 Å². The molecule has 0 saturated carbocycles. The second kappa shape index (κ2) is 11.1. The van der Waals surface area contributed by atoms with E-state index in [1.54, 1.807) is 38.7 Å². The van der Waals surface area contributed by atoms with Gasteiger partial charge in [-0.15, -0.1) is 11.3 Å². The third-order valence-electron chi connectivity index (χ3n) is 4.90. The van der Waals surface area contributed by atoms with Gasteiger partial charge in [-0.1, -0.05) is 6.07 Å². The number of aromatic amines is 1. The van der Waals surface area contributed by atoms with Gasteiger partial charge in [0.25, 0.3) is 5.91 Å². The summed E-state index contributed by atoms with van der Waals surface area (Å²) in [7, 11) is 0. The second-order valence-electron chi connectivity index (χ2n) is 6.91. The van der Waals surface area contributed by atoms with Gasteiger partial charge < -0.3 is 19.4 Å². The Kier molecular flexibility index (Phi) is 8.80. The number of H-pyrrole nitrogens is 1. The Morgan fingerprint density at radius 1 is 1.20 bits per heavy atom. The van der Waals surface area contributed by atoms with Gasteiger partial charge in [0.1, 0.15) is 5.69 Å². The van der Waals surface area contributed by atoms with Crippen LogP contribution in [0.15, 0.2) is 17.5 Å². The molecule has 1 amide bonds. The number of ketones is 1. The molecule has 1 atom stereocenters. The van der Waals surface area contributed by atoms with Crippen LogP contribution in [0.5, 0.6) is 0 Å². The predicted molar refractivity (Wildman–Crippen MR) is 116 cm³/mol. The van der Waals surface area contributed by atoms with Crippen LogP contribution in [0.25, 0.3) is 0 Å². The summed E-state index contributed by atoms with van der Waals surface area (Å²) in [6.07, 6.45) is 0.627. The lowest BCUT2D eigenvalue weighted by Crippen LogP contribution is -2.44. The lowest BCUT2D eigenvalue weighted by Gasteiger charge is -2.28. The number of nitrogens with one attached hydrogen (secondary N) is 1. The van der Waals surface area contributed by atoms with Gasteiger partial charge in [0.15, 0.2) is 5.78 Å². The van der Waals surface area contributed by atoms with E-state index in [4.69, 9.17) is 9.47 Å².